The minimum Gasteiger partial charge on any atom is -0.396 e. The molecular weight excluding hydrogens is 160 g/mol. The second-order valence-corrected chi connectivity index (χ2v) is 2.66. The Morgan fingerprint density at radius 3 is 1.50 bits per heavy atom. The number of hydrogen-bond acceptors (Lipinski definition) is 4. The first-order chi connectivity index (χ1) is 5.74. The summed E-state index contributed by atoms with van der Waals surface area (Å²) in [6, 6.07) is 0. The molecule has 1 rings (SSSR count). The highest BCUT2D eigenvalue weighted by Crippen LogP contribution is 2.02. The topological polar surface area (TPSA) is 69.9 Å². The zero-order chi connectivity index (χ0) is 9.40. The van der Waals surface area contributed by atoms with Crippen molar-refractivity contribution in [3.05, 3.63) is 12.2 Å². The van der Waals surface area contributed by atoms with Crippen LogP contribution in [-0.4, -0.2) is 48.4 Å². The standard InChI is InChI=1S/C4H10O3.C4H6O/c5-1-4(2-6)3-7;1-4-2-5-3-4/h4-7H,1-3H2;1-3H2. The molecule has 0 saturated carbocycles. The molecule has 1 aliphatic heterocycles. The van der Waals surface area contributed by atoms with Crippen LogP contribution in [0.4, 0.5) is 0 Å². The van der Waals surface area contributed by atoms with E-state index in [1.165, 1.54) is 5.57 Å². The first kappa shape index (κ1) is 11.6. The molecule has 0 radical (unpaired) electrons. The van der Waals surface area contributed by atoms with E-state index in [1.807, 2.05) is 0 Å². The van der Waals surface area contributed by atoms with Gasteiger partial charge in [-0.15, -0.1) is 0 Å². The van der Waals surface area contributed by atoms with Crippen LogP contribution in [0.15, 0.2) is 12.2 Å². The van der Waals surface area contributed by atoms with Crippen molar-refractivity contribution in [1.29, 1.82) is 0 Å². The minimum absolute atomic E-state index is 0.146. The van der Waals surface area contributed by atoms with Crippen LogP contribution in [0.2, 0.25) is 0 Å². The van der Waals surface area contributed by atoms with Gasteiger partial charge in [0.15, 0.2) is 0 Å². The van der Waals surface area contributed by atoms with E-state index in [2.05, 4.69) is 6.58 Å². The minimum atomic E-state index is -0.347. The number of aliphatic hydroxyl groups is 3. The van der Waals surface area contributed by atoms with Gasteiger partial charge in [-0.1, -0.05) is 6.58 Å². The lowest BCUT2D eigenvalue weighted by Gasteiger charge is -2.14. The van der Waals surface area contributed by atoms with E-state index in [-0.39, 0.29) is 25.7 Å². The van der Waals surface area contributed by atoms with Crippen molar-refractivity contribution in [3.8, 4) is 0 Å². The summed E-state index contributed by atoms with van der Waals surface area (Å²) in [5.41, 5.74) is 1.21. The van der Waals surface area contributed by atoms with Gasteiger partial charge in [-0.25, -0.2) is 0 Å². The number of rotatable bonds is 3. The quantitative estimate of drug-likeness (QED) is 0.490. The van der Waals surface area contributed by atoms with E-state index < -0.39 is 0 Å². The molecule has 4 nitrogen and oxygen atoms in total. The molecule has 3 N–H and O–H groups in total. The molecule has 1 heterocycles. The largest absolute Gasteiger partial charge is 0.396 e. The summed E-state index contributed by atoms with van der Waals surface area (Å²) in [6.07, 6.45) is 0. The Balaban J connectivity index is 0.000000211. The lowest BCUT2D eigenvalue weighted by molar-refractivity contribution is 0.0969. The fourth-order valence-corrected chi connectivity index (χ4v) is 0.420. The molecule has 0 amide bonds. The zero-order valence-corrected chi connectivity index (χ0v) is 7.07. The molecule has 0 spiro atoms. The molecule has 4 heteroatoms. The lowest BCUT2D eigenvalue weighted by Crippen LogP contribution is -2.14. The summed E-state index contributed by atoms with van der Waals surface area (Å²) in [6.45, 7) is 4.78. The van der Waals surface area contributed by atoms with E-state index in [1.54, 1.807) is 0 Å². The van der Waals surface area contributed by atoms with Gasteiger partial charge in [0.1, 0.15) is 0 Å². The molecule has 0 aliphatic carbocycles. The Labute approximate surface area is 72.1 Å². The normalized spacial score (nSPS) is 15.2. The third-order valence-electron chi connectivity index (χ3n) is 1.39. The predicted octanol–water partition coefficient (Wildman–Crippen LogP) is -0.848. The number of hydrogen-bond donors (Lipinski definition) is 3. The van der Waals surface area contributed by atoms with E-state index >= 15 is 0 Å². The first-order valence-corrected chi connectivity index (χ1v) is 3.81. The van der Waals surface area contributed by atoms with Gasteiger partial charge >= 0.3 is 0 Å². The molecule has 1 fully saturated rings. The molecule has 0 bridgehead atoms. The van der Waals surface area contributed by atoms with Gasteiger partial charge in [0.25, 0.3) is 0 Å². The summed E-state index contributed by atoms with van der Waals surface area (Å²) < 4.78 is 4.73. The summed E-state index contributed by atoms with van der Waals surface area (Å²) >= 11 is 0. The number of aliphatic hydroxyl groups excluding tert-OH is 3. The lowest BCUT2D eigenvalue weighted by atomic mass is 10.2. The van der Waals surface area contributed by atoms with Crippen LogP contribution in [0.5, 0.6) is 0 Å². The fourth-order valence-electron chi connectivity index (χ4n) is 0.420. The summed E-state index contributed by atoms with van der Waals surface area (Å²) in [7, 11) is 0. The summed E-state index contributed by atoms with van der Waals surface area (Å²) in [4.78, 5) is 0. The van der Waals surface area contributed by atoms with Crippen molar-refractivity contribution in [2.24, 2.45) is 5.92 Å². The summed E-state index contributed by atoms with van der Waals surface area (Å²) in [5.74, 6) is -0.347. The highest BCUT2D eigenvalue weighted by Gasteiger charge is 2.02. The highest BCUT2D eigenvalue weighted by molar-refractivity contribution is 5.00. The monoisotopic (exact) mass is 176 g/mol. The van der Waals surface area contributed by atoms with Crippen molar-refractivity contribution in [2.75, 3.05) is 33.0 Å². The van der Waals surface area contributed by atoms with Crippen LogP contribution in [-0.2, 0) is 4.74 Å². The van der Waals surface area contributed by atoms with Crippen molar-refractivity contribution in [1.82, 2.24) is 0 Å². The van der Waals surface area contributed by atoms with Gasteiger partial charge in [0.2, 0.25) is 0 Å². The third-order valence-corrected chi connectivity index (χ3v) is 1.39. The van der Waals surface area contributed by atoms with E-state index in [0.29, 0.717) is 0 Å². The van der Waals surface area contributed by atoms with Crippen LogP contribution >= 0.6 is 0 Å². The van der Waals surface area contributed by atoms with Crippen molar-refractivity contribution in [3.63, 3.8) is 0 Å². The van der Waals surface area contributed by atoms with Crippen LogP contribution in [0.3, 0.4) is 0 Å². The van der Waals surface area contributed by atoms with Gasteiger partial charge in [-0.3, -0.25) is 0 Å². The smallest absolute Gasteiger partial charge is 0.0700 e. The molecule has 0 aromatic carbocycles. The Morgan fingerprint density at radius 1 is 1.17 bits per heavy atom. The van der Waals surface area contributed by atoms with Crippen LogP contribution in [0.25, 0.3) is 0 Å². The fraction of sp³-hybridized carbons (Fsp3) is 0.750. The van der Waals surface area contributed by atoms with Gasteiger partial charge in [-0.2, -0.15) is 0 Å². The first-order valence-electron chi connectivity index (χ1n) is 3.81. The molecule has 1 aliphatic rings. The summed E-state index contributed by atoms with van der Waals surface area (Å²) in [5, 5.41) is 24.6. The molecule has 0 unspecified atom stereocenters. The van der Waals surface area contributed by atoms with E-state index in [4.69, 9.17) is 20.1 Å². The zero-order valence-electron chi connectivity index (χ0n) is 7.07. The second kappa shape index (κ2) is 7.24. The maximum absolute atomic E-state index is 8.21. The molecule has 72 valence electrons. The van der Waals surface area contributed by atoms with Gasteiger partial charge < -0.3 is 20.1 Å². The highest BCUT2D eigenvalue weighted by atomic mass is 16.5. The molecule has 0 aromatic heterocycles. The maximum Gasteiger partial charge on any atom is 0.0700 e. The molecule has 0 atom stereocenters. The van der Waals surface area contributed by atoms with Gasteiger partial charge in [0, 0.05) is 5.92 Å². The molecule has 1 saturated heterocycles. The SMILES string of the molecule is C=C1COC1.OCC(CO)CO. The van der Waals surface area contributed by atoms with Crippen LogP contribution in [0, 0.1) is 5.92 Å². The van der Waals surface area contributed by atoms with Crippen molar-refractivity contribution >= 4 is 0 Å². The Hall–Kier alpha value is -0.420. The third kappa shape index (κ3) is 5.26. The van der Waals surface area contributed by atoms with E-state index in [0.717, 1.165) is 13.2 Å². The van der Waals surface area contributed by atoms with Gasteiger partial charge in [-0.05, 0) is 5.57 Å². The van der Waals surface area contributed by atoms with Gasteiger partial charge in [0.05, 0.1) is 33.0 Å². The second-order valence-electron chi connectivity index (χ2n) is 2.66. The Kier molecular flexibility index (Phi) is 6.99. The number of ether oxygens (including phenoxy) is 1. The Bertz CT molecular complexity index is 109. The average molecular weight is 176 g/mol. The van der Waals surface area contributed by atoms with E-state index in [9.17, 15) is 0 Å². The maximum atomic E-state index is 8.21. The van der Waals surface area contributed by atoms with Crippen LogP contribution in [0.1, 0.15) is 0 Å². The van der Waals surface area contributed by atoms with Crippen molar-refractivity contribution < 1.29 is 20.1 Å². The van der Waals surface area contributed by atoms with Crippen LogP contribution < -0.4 is 0 Å². The predicted molar refractivity (Wildman–Crippen MR) is 44.7 cm³/mol. The molecule has 0 aromatic rings. The van der Waals surface area contributed by atoms with Crippen molar-refractivity contribution in [2.45, 2.75) is 0 Å². The molecule has 12 heavy (non-hydrogen) atoms. The molecular formula is C8H16O4. The average Bonchev–Trinajstić information content (AvgIpc) is 2.05. The Morgan fingerprint density at radius 2 is 1.50 bits per heavy atom.